The first kappa shape index (κ1) is 42.0. The zero-order valence-electron chi connectivity index (χ0n) is 34.8. The van der Waals surface area contributed by atoms with Crippen molar-refractivity contribution in [2.75, 3.05) is 0 Å². The number of hydrogen-bond donors (Lipinski definition) is 0. The van der Waals surface area contributed by atoms with E-state index in [4.69, 9.17) is 0 Å². The third kappa shape index (κ3) is 9.12. The first-order chi connectivity index (χ1) is 19.9. The van der Waals surface area contributed by atoms with Crippen molar-refractivity contribution in [3.63, 3.8) is 0 Å². The lowest BCUT2D eigenvalue weighted by Crippen LogP contribution is -2.42. The minimum Gasteiger partial charge on any atom is -0.0622 e. The monoisotopic (exact) mass is 617 g/mol. The minimum atomic E-state index is 0.308. The van der Waals surface area contributed by atoms with Crippen LogP contribution in [0.4, 0.5) is 0 Å². The van der Waals surface area contributed by atoms with E-state index in [9.17, 15) is 0 Å². The maximum absolute atomic E-state index is 2.61. The van der Waals surface area contributed by atoms with Gasteiger partial charge in [0, 0.05) is 0 Å². The normalized spacial score (nSPS) is 53.3. The van der Waals surface area contributed by atoms with Crippen LogP contribution in [0.15, 0.2) is 0 Å². The van der Waals surface area contributed by atoms with E-state index in [0.717, 1.165) is 94.7 Å². The fraction of sp³-hybridized carbons (Fsp3) is 1.00. The van der Waals surface area contributed by atoms with Crippen molar-refractivity contribution in [1.82, 2.24) is 0 Å². The largest absolute Gasteiger partial charge is 0.0622 e. The molecule has 1 aliphatic carbocycles. The zero-order chi connectivity index (χ0) is 34.8. The van der Waals surface area contributed by atoms with Gasteiger partial charge in [0.1, 0.15) is 0 Å². The molecular weight excluding hydrogens is 528 g/mol. The van der Waals surface area contributed by atoms with Gasteiger partial charge in [-0.2, -0.15) is 0 Å². The molecule has 0 spiro atoms. The summed E-state index contributed by atoms with van der Waals surface area (Å²) in [6.07, 6.45) is 1.37. The summed E-state index contributed by atoms with van der Waals surface area (Å²) in [5.41, 5.74) is 0.308. The molecule has 1 rings (SSSR count). The molecule has 0 aromatic heterocycles. The van der Waals surface area contributed by atoms with Gasteiger partial charge < -0.3 is 0 Å². The van der Waals surface area contributed by atoms with Crippen LogP contribution in [0, 0.1) is 124 Å². The van der Waals surface area contributed by atoms with Crippen LogP contribution in [0.1, 0.15) is 159 Å². The van der Waals surface area contributed by atoms with E-state index in [1.807, 2.05) is 0 Å². The number of hydrogen-bond acceptors (Lipinski definition) is 0. The smallest absolute Gasteiger partial charge is 0.0298 e. The van der Waals surface area contributed by atoms with Crippen molar-refractivity contribution >= 4 is 0 Å². The standard InChI is InChI=1S/C44H88/c1-24-23-25(2)27(4)29(6)31(8)33(10)35(12)37(14)39(16)41(18)43(20)44(21,22)42(19)40(17)38(15)36(13)34(11)32(9)30(7)28(5)26(24)3/h24-43H,23H2,1-22H3. The summed E-state index contributed by atoms with van der Waals surface area (Å²) in [6.45, 7) is 57.0. The van der Waals surface area contributed by atoms with Gasteiger partial charge in [-0.25, -0.2) is 0 Å². The Morgan fingerprint density at radius 3 is 0.614 bits per heavy atom. The highest BCUT2D eigenvalue weighted by Crippen LogP contribution is 2.50. The van der Waals surface area contributed by atoms with E-state index >= 15 is 0 Å². The molecule has 0 aromatic carbocycles. The molecule has 0 aromatic rings. The third-order valence-corrected chi connectivity index (χ3v) is 18.1. The van der Waals surface area contributed by atoms with Crippen molar-refractivity contribution in [1.29, 1.82) is 0 Å². The van der Waals surface area contributed by atoms with Crippen molar-refractivity contribution in [2.24, 2.45) is 124 Å². The lowest BCUT2D eigenvalue weighted by atomic mass is 9.56. The first-order valence-electron chi connectivity index (χ1n) is 19.9. The second-order valence-electron chi connectivity index (χ2n) is 19.3. The Hall–Kier alpha value is 0. The van der Waals surface area contributed by atoms with E-state index in [1.54, 1.807) is 0 Å². The Balaban J connectivity index is 3.54. The summed E-state index contributed by atoms with van der Waals surface area (Å²) in [6, 6.07) is 0. The van der Waals surface area contributed by atoms with Crippen molar-refractivity contribution in [2.45, 2.75) is 159 Å². The van der Waals surface area contributed by atoms with Crippen LogP contribution in [0.2, 0.25) is 0 Å². The van der Waals surface area contributed by atoms with Crippen LogP contribution < -0.4 is 0 Å². The van der Waals surface area contributed by atoms with E-state index in [1.165, 1.54) is 6.42 Å². The Bertz CT molecular complexity index is 745. The maximum Gasteiger partial charge on any atom is -0.0298 e. The number of rotatable bonds is 0. The predicted molar refractivity (Wildman–Crippen MR) is 202 cm³/mol. The van der Waals surface area contributed by atoms with Gasteiger partial charge >= 0.3 is 0 Å². The Labute approximate surface area is 281 Å². The summed E-state index contributed by atoms with van der Waals surface area (Å²) in [4.78, 5) is 0. The second-order valence-corrected chi connectivity index (χ2v) is 19.3. The molecule has 0 radical (unpaired) electrons. The fourth-order valence-corrected chi connectivity index (χ4v) is 10.5. The topological polar surface area (TPSA) is 0 Å². The average molecular weight is 617 g/mol. The van der Waals surface area contributed by atoms with Gasteiger partial charge in [-0.3, -0.25) is 0 Å². The lowest BCUT2D eigenvalue weighted by molar-refractivity contribution is -0.00346. The average Bonchev–Trinajstić information content (AvgIpc) is 3.00. The molecule has 20 atom stereocenters. The van der Waals surface area contributed by atoms with Crippen LogP contribution >= 0.6 is 0 Å². The van der Waals surface area contributed by atoms with Crippen LogP contribution in [0.25, 0.3) is 0 Å². The highest BCUT2D eigenvalue weighted by atomic mass is 14.5. The van der Waals surface area contributed by atoms with Crippen LogP contribution in [0.3, 0.4) is 0 Å². The summed E-state index contributed by atoms with van der Waals surface area (Å²) < 4.78 is 0. The second kappa shape index (κ2) is 16.9. The molecular formula is C44H88. The van der Waals surface area contributed by atoms with Gasteiger partial charge in [0.25, 0.3) is 0 Å². The van der Waals surface area contributed by atoms with Gasteiger partial charge in [0.05, 0.1) is 0 Å². The van der Waals surface area contributed by atoms with Crippen molar-refractivity contribution < 1.29 is 0 Å². The Kier molecular flexibility index (Phi) is 16.1. The highest BCUT2D eigenvalue weighted by Gasteiger charge is 2.44. The highest BCUT2D eigenvalue weighted by molar-refractivity contribution is 4.92. The molecule has 44 heavy (non-hydrogen) atoms. The molecule has 0 heterocycles. The Morgan fingerprint density at radius 2 is 0.409 bits per heavy atom. The Morgan fingerprint density at radius 1 is 0.250 bits per heavy atom. The SMILES string of the molecule is CC1CC(C)C(C)C(C)C(C)C(C)C(C)C(C)C(C)C(C)C(C)C(C)(C)C(C)C(C)C(C)C(C)C(C)C(C)C(C)C(C)C1C. The summed E-state index contributed by atoms with van der Waals surface area (Å²) >= 11 is 0. The maximum atomic E-state index is 2.61. The molecule has 20 unspecified atom stereocenters. The molecule has 0 heteroatoms. The van der Waals surface area contributed by atoms with Gasteiger partial charge in [0.2, 0.25) is 0 Å². The van der Waals surface area contributed by atoms with Crippen LogP contribution in [-0.2, 0) is 0 Å². The van der Waals surface area contributed by atoms with Gasteiger partial charge in [-0.05, 0) is 130 Å². The molecule has 0 aliphatic heterocycles. The zero-order valence-corrected chi connectivity index (χ0v) is 34.8. The predicted octanol–water partition coefficient (Wildman–Crippen LogP) is 14.1. The van der Waals surface area contributed by atoms with Gasteiger partial charge in [-0.15, -0.1) is 0 Å². The van der Waals surface area contributed by atoms with Crippen molar-refractivity contribution in [3.05, 3.63) is 0 Å². The van der Waals surface area contributed by atoms with Crippen molar-refractivity contribution in [3.8, 4) is 0 Å². The summed E-state index contributed by atoms with van der Waals surface area (Å²) in [5.74, 6) is 14.8. The van der Waals surface area contributed by atoms with Gasteiger partial charge in [0.15, 0.2) is 0 Å². The quantitative estimate of drug-likeness (QED) is 0.254. The molecule has 1 saturated carbocycles. The molecule has 1 fully saturated rings. The molecule has 1 aliphatic rings. The molecule has 0 saturated heterocycles. The molecule has 0 nitrogen and oxygen atoms in total. The van der Waals surface area contributed by atoms with Crippen LogP contribution in [-0.4, -0.2) is 0 Å². The third-order valence-electron chi connectivity index (χ3n) is 18.1. The molecule has 264 valence electrons. The van der Waals surface area contributed by atoms with Gasteiger partial charge in [-0.1, -0.05) is 152 Å². The minimum absolute atomic E-state index is 0.308. The van der Waals surface area contributed by atoms with E-state index in [-0.39, 0.29) is 0 Å². The lowest BCUT2D eigenvalue weighted by Gasteiger charge is -2.49. The van der Waals surface area contributed by atoms with E-state index in [2.05, 4.69) is 152 Å². The molecule has 0 amide bonds. The summed E-state index contributed by atoms with van der Waals surface area (Å²) in [7, 11) is 0. The van der Waals surface area contributed by atoms with E-state index < -0.39 is 0 Å². The van der Waals surface area contributed by atoms with E-state index in [0.29, 0.717) is 29.1 Å². The molecule has 0 N–H and O–H groups in total. The summed E-state index contributed by atoms with van der Waals surface area (Å²) in [5, 5.41) is 0. The first-order valence-corrected chi connectivity index (χ1v) is 19.9. The van der Waals surface area contributed by atoms with Crippen LogP contribution in [0.5, 0.6) is 0 Å². The molecule has 0 bridgehead atoms. The fourth-order valence-electron chi connectivity index (χ4n) is 10.5.